The van der Waals surface area contributed by atoms with Crippen molar-refractivity contribution in [3.05, 3.63) is 34.4 Å². The van der Waals surface area contributed by atoms with Crippen LogP contribution in [-0.4, -0.2) is 42.0 Å². The highest BCUT2D eigenvalue weighted by Gasteiger charge is 2.40. The van der Waals surface area contributed by atoms with Gasteiger partial charge in [0.2, 0.25) is 0 Å². The summed E-state index contributed by atoms with van der Waals surface area (Å²) in [6.07, 6.45) is -4.50. The van der Waals surface area contributed by atoms with Crippen LogP contribution in [0.3, 0.4) is 0 Å². The molecule has 3 nitrogen and oxygen atoms in total. The van der Waals surface area contributed by atoms with Gasteiger partial charge in [-0.3, -0.25) is 9.69 Å². The Hall–Kier alpha value is -1.63. The Bertz CT molecular complexity index is 659. The summed E-state index contributed by atoms with van der Waals surface area (Å²) in [6.45, 7) is 2.58. The van der Waals surface area contributed by atoms with Crippen LogP contribution in [-0.2, 0) is 12.7 Å². The largest absolute Gasteiger partial charge is 0.416 e. The first-order chi connectivity index (χ1) is 11.2. The van der Waals surface area contributed by atoms with Crippen LogP contribution < -0.4 is 0 Å². The van der Waals surface area contributed by atoms with E-state index in [1.54, 1.807) is 6.07 Å². The standard InChI is InChI=1S/C17H20F4N2O/c1-3-15(23-5-4-11(18)8-23)10-6-12-13(9-22(2)16(12)24)14(7-10)17(19,20)21/h6-7,11,15H,3-5,8-9H2,1-2H3. The highest BCUT2D eigenvalue weighted by atomic mass is 19.4. The zero-order chi connectivity index (χ0) is 17.6. The van der Waals surface area contributed by atoms with Crippen LogP contribution in [0.2, 0.25) is 0 Å². The number of fused-ring (bicyclic) bond motifs is 1. The van der Waals surface area contributed by atoms with E-state index in [9.17, 15) is 22.4 Å². The molecule has 0 saturated carbocycles. The fraction of sp³-hybridized carbons (Fsp3) is 0.588. The van der Waals surface area contributed by atoms with Crippen molar-refractivity contribution in [3.8, 4) is 0 Å². The third kappa shape index (κ3) is 2.90. The number of carbonyl (C=O) groups is 1. The maximum absolute atomic E-state index is 13.5. The lowest BCUT2D eigenvalue weighted by Crippen LogP contribution is -2.27. The highest BCUT2D eigenvalue weighted by molar-refractivity contribution is 5.98. The van der Waals surface area contributed by atoms with E-state index < -0.39 is 23.8 Å². The number of nitrogens with zero attached hydrogens (tertiary/aromatic N) is 2. The minimum absolute atomic E-state index is 0.0314. The maximum atomic E-state index is 13.5. The van der Waals surface area contributed by atoms with Gasteiger partial charge in [-0.05, 0) is 36.1 Å². The Morgan fingerprint density at radius 1 is 1.33 bits per heavy atom. The van der Waals surface area contributed by atoms with Crippen LogP contribution in [0, 0.1) is 0 Å². The van der Waals surface area contributed by atoms with Crippen molar-refractivity contribution in [1.82, 2.24) is 9.80 Å². The van der Waals surface area contributed by atoms with Crippen LogP contribution in [0.5, 0.6) is 0 Å². The highest BCUT2D eigenvalue weighted by Crippen LogP contribution is 2.40. The average Bonchev–Trinajstić information content (AvgIpc) is 3.04. The van der Waals surface area contributed by atoms with Crippen LogP contribution >= 0.6 is 0 Å². The van der Waals surface area contributed by atoms with Gasteiger partial charge in [0.25, 0.3) is 5.91 Å². The van der Waals surface area contributed by atoms with E-state index in [0.717, 1.165) is 6.07 Å². The van der Waals surface area contributed by atoms with Gasteiger partial charge in [-0.1, -0.05) is 6.92 Å². The van der Waals surface area contributed by atoms with Gasteiger partial charge in [-0.15, -0.1) is 0 Å². The fourth-order valence-corrected chi connectivity index (χ4v) is 3.75. The lowest BCUT2D eigenvalue weighted by molar-refractivity contribution is -0.138. The number of hydrogen-bond acceptors (Lipinski definition) is 2. The van der Waals surface area contributed by atoms with Crippen LogP contribution in [0.15, 0.2) is 12.1 Å². The number of carbonyl (C=O) groups excluding carboxylic acids is 1. The summed E-state index contributed by atoms with van der Waals surface area (Å²) in [5, 5.41) is 0. The number of benzene rings is 1. The summed E-state index contributed by atoms with van der Waals surface area (Å²) in [5.74, 6) is -0.392. The third-order valence-corrected chi connectivity index (χ3v) is 4.92. The van der Waals surface area contributed by atoms with Gasteiger partial charge in [-0.25, -0.2) is 4.39 Å². The molecule has 1 aromatic rings. The zero-order valence-corrected chi connectivity index (χ0v) is 13.7. The predicted octanol–water partition coefficient (Wildman–Crippen LogP) is 3.79. The summed E-state index contributed by atoms with van der Waals surface area (Å²) in [7, 11) is 1.49. The first-order valence-electron chi connectivity index (χ1n) is 8.10. The molecule has 2 heterocycles. The molecule has 7 heteroatoms. The van der Waals surface area contributed by atoms with Crippen LogP contribution in [0.4, 0.5) is 17.6 Å². The Morgan fingerprint density at radius 3 is 2.58 bits per heavy atom. The molecule has 0 N–H and O–H groups in total. The van der Waals surface area contributed by atoms with Gasteiger partial charge < -0.3 is 4.90 Å². The Kier molecular flexibility index (Phi) is 4.32. The molecule has 1 saturated heterocycles. The van der Waals surface area contributed by atoms with Crippen LogP contribution in [0.1, 0.15) is 52.9 Å². The molecule has 0 radical (unpaired) electrons. The molecular weight excluding hydrogens is 324 g/mol. The van der Waals surface area contributed by atoms with E-state index in [1.807, 2.05) is 11.8 Å². The number of alkyl halides is 4. The first-order valence-corrected chi connectivity index (χ1v) is 8.10. The fourth-order valence-electron chi connectivity index (χ4n) is 3.75. The normalized spacial score (nSPS) is 23.0. The molecule has 3 rings (SSSR count). The van der Waals surface area contributed by atoms with Crippen molar-refractivity contribution in [2.45, 2.75) is 44.7 Å². The molecule has 2 unspecified atom stereocenters. The quantitative estimate of drug-likeness (QED) is 0.779. The minimum atomic E-state index is -4.52. The van der Waals surface area contributed by atoms with Crippen molar-refractivity contribution in [3.63, 3.8) is 0 Å². The van der Waals surface area contributed by atoms with E-state index in [1.165, 1.54) is 11.9 Å². The molecule has 1 amide bonds. The SMILES string of the molecule is CCC(c1cc2c(c(C(F)(F)F)c1)CN(C)C2=O)N1CCC(F)C1. The summed E-state index contributed by atoms with van der Waals surface area (Å²) in [6, 6.07) is 2.40. The molecule has 0 bridgehead atoms. The molecule has 132 valence electrons. The van der Waals surface area contributed by atoms with Crippen molar-refractivity contribution >= 4 is 5.91 Å². The van der Waals surface area contributed by atoms with E-state index in [2.05, 4.69) is 0 Å². The van der Waals surface area contributed by atoms with Gasteiger partial charge >= 0.3 is 6.18 Å². The number of amides is 1. The Balaban J connectivity index is 2.07. The maximum Gasteiger partial charge on any atom is 0.416 e. The number of halogens is 4. The molecule has 24 heavy (non-hydrogen) atoms. The van der Waals surface area contributed by atoms with Crippen molar-refractivity contribution in [2.75, 3.05) is 20.1 Å². The zero-order valence-electron chi connectivity index (χ0n) is 13.7. The van der Waals surface area contributed by atoms with Gasteiger partial charge in [0.15, 0.2) is 0 Å². The molecule has 2 aliphatic heterocycles. The van der Waals surface area contributed by atoms with E-state index in [-0.39, 0.29) is 30.3 Å². The number of hydrogen-bond donors (Lipinski definition) is 0. The minimum Gasteiger partial charge on any atom is -0.337 e. The monoisotopic (exact) mass is 344 g/mol. The summed E-state index contributed by atoms with van der Waals surface area (Å²) in [5.41, 5.74) is -0.140. The smallest absolute Gasteiger partial charge is 0.337 e. The lowest BCUT2D eigenvalue weighted by Gasteiger charge is -2.28. The first kappa shape index (κ1) is 17.2. The van der Waals surface area contributed by atoms with E-state index >= 15 is 0 Å². The predicted molar refractivity (Wildman–Crippen MR) is 81.4 cm³/mol. The van der Waals surface area contributed by atoms with Gasteiger partial charge in [0.05, 0.1) is 5.56 Å². The second-order valence-corrected chi connectivity index (χ2v) is 6.56. The molecule has 1 fully saturated rings. The topological polar surface area (TPSA) is 23.6 Å². The van der Waals surface area contributed by atoms with E-state index in [0.29, 0.717) is 24.9 Å². The molecule has 2 atom stereocenters. The summed E-state index contributed by atoms with van der Waals surface area (Å²) < 4.78 is 53.9. The molecule has 2 aliphatic rings. The number of rotatable bonds is 3. The third-order valence-electron chi connectivity index (χ3n) is 4.92. The number of likely N-dealkylation sites (tertiary alicyclic amines) is 1. The van der Waals surface area contributed by atoms with Crippen molar-refractivity contribution in [2.24, 2.45) is 0 Å². The van der Waals surface area contributed by atoms with Gasteiger partial charge in [0.1, 0.15) is 6.17 Å². The molecular formula is C17H20F4N2O. The Labute approximate surface area is 138 Å². The summed E-state index contributed by atoms with van der Waals surface area (Å²) in [4.78, 5) is 15.4. The van der Waals surface area contributed by atoms with Gasteiger partial charge in [0, 0.05) is 38.3 Å². The Morgan fingerprint density at radius 2 is 2.04 bits per heavy atom. The van der Waals surface area contributed by atoms with Crippen molar-refractivity contribution in [1.29, 1.82) is 0 Å². The summed E-state index contributed by atoms with van der Waals surface area (Å²) >= 11 is 0. The van der Waals surface area contributed by atoms with E-state index in [4.69, 9.17) is 0 Å². The lowest BCUT2D eigenvalue weighted by atomic mass is 9.93. The average molecular weight is 344 g/mol. The molecule has 0 spiro atoms. The second-order valence-electron chi connectivity index (χ2n) is 6.56. The van der Waals surface area contributed by atoms with Crippen molar-refractivity contribution < 1.29 is 22.4 Å². The molecule has 0 aromatic heterocycles. The van der Waals surface area contributed by atoms with Crippen LogP contribution in [0.25, 0.3) is 0 Å². The van der Waals surface area contributed by atoms with Gasteiger partial charge in [-0.2, -0.15) is 13.2 Å². The molecule has 1 aromatic carbocycles. The second kappa shape index (κ2) is 6.02. The molecule has 0 aliphatic carbocycles.